The molecule has 0 bridgehead atoms. The molecule has 2 heterocycles. The van der Waals surface area contributed by atoms with Crippen LogP contribution in [0.5, 0.6) is 0 Å². The molecule has 3 aromatic rings. The maximum Gasteiger partial charge on any atom is 0.329 e. The SMILES string of the molecule is Cc1cccc(NC(=O)CN2C(=O)N/C(=C/c3cccn3-c3ccccc3)C2=O)c1. The van der Waals surface area contributed by atoms with Gasteiger partial charge in [0.05, 0.1) is 0 Å². The van der Waals surface area contributed by atoms with Crippen molar-refractivity contribution < 1.29 is 14.4 Å². The number of carbonyl (C=O) groups is 3. The van der Waals surface area contributed by atoms with Gasteiger partial charge in [0.1, 0.15) is 12.2 Å². The highest BCUT2D eigenvalue weighted by Gasteiger charge is 2.35. The molecule has 0 atom stereocenters. The second-order valence-corrected chi connectivity index (χ2v) is 6.94. The Morgan fingerprint density at radius 3 is 2.60 bits per heavy atom. The first-order valence-electron chi connectivity index (χ1n) is 9.45. The van der Waals surface area contributed by atoms with Crippen molar-refractivity contribution in [3.05, 3.63) is 89.9 Å². The van der Waals surface area contributed by atoms with Gasteiger partial charge in [0, 0.05) is 23.3 Å². The summed E-state index contributed by atoms with van der Waals surface area (Å²) in [4.78, 5) is 38.2. The summed E-state index contributed by atoms with van der Waals surface area (Å²) in [6, 6.07) is 20.0. The fraction of sp³-hybridized carbons (Fsp3) is 0.0870. The lowest BCUT2D eigenvalue weighted by molar-refractivity contribution is -0.127. The number of benzene rings is 2. The Morgan fingerprint density at radius 1 is 1.03 bits per heavy atom. The monoisotopic (exact) mass is 400 g/mol. The standard InChI is InChI=1S/C23H20N4O3/c1-16-7-5-8-17(13-16)24-21(28)15-27-22(29)20(25-23(27)30)14-19-11-6-12-26(19)18-9-3-2-4-10-18/h2-14H,15H2,1H3,(H,24,28)(H,25,30)/b20-14+. The average molecular weight is 400 g/mol. The van der Waals surface area contributed by atoms with E-state index in [0.29, 0.717) is 5.69 Å². The van der Waals surface area contributed by atoms with Crippen LogP contribution in [0.4, 0.5) is 10.5 Å². The Morgan fingerprint density at radius 2 is 1.83 bits per heavy atom. The third-order valence-electron chi connectivity index (χ3n) is 4.67. The summed E-state index contributed by atoms with van der Waals surface area (Å²) in [6.45, 7) is 1.55. The number of hydrogen-bond donors (Lipinski definition) is 2. The molecule has 0 radical (unpaired) electrons. The molecule has 1 fully saturated rings. The zero-order chi connectivity index (χ0) is 21.1. The van der Waals surface area contributed by atoms with Crippen LogP contribution in [0.2, 0.25) is 0 Å². The Hall–Kier alpha value is -4.13. The second kappa shape index (κ2) is 8.08. The average Bonchev–Trinajstić information content (AvgIpc) is 3.29. The molecule has 30 heavy (non-hydrogen) atoms. The minimum absolute atomic E-state index is 0.124. The van der Waals surface area contributed by atoms with E-state index in [1.54, 1.807) is 12.1 Å². The number of amides is 4. The minimum atomic E-state index is -0.622. The van der Waals surface area contributed by atoms with Gasteiger partial charge in [-0.3, -0.25) is 9.59 Å². The van der Waals surface area contributed by atoms with Gasteiger partial charge >= 0.3 is 6.03 Å². The second-order valence-electron chi connectivity index (χ2n) is 6.94. The molecule has 2 aromatic carbocycles. The molecule has 0 saturated carbocycles. The van der Waals surface area contributed by atoms with E-state index in [4.69, 9.17) is 0 Å². The van der Waals surface area contributed by atoms with E-state index in [1.165, 1.54) is 0 Å². The maximum atomic E-state index is 12.7. The van der Waals surface area contributed by atoms with Crippen molar-refractivity contribution in [3.63, 3.8) is 0 Å². The van der Waals surface area contributed by atoms with Crippen molar-refractivity contribution in [2.75, 3.05) is 11.9 Å². The van der Waals surface area contributed by atoms with Gasteiger partial charge in [-0.15, -0.1) is 0 Å². The number of carbonyl (C=O) groups excluding carboxylic acids is 3. The zero-order valence-electron chi connectivity index (χ0n) is 16.3. The Kier molecular flexibility index (Phi) is 5.17. The van der Waals surface area contributed by atoms with Gasteiger partial charge in [0.25, 0.3) is 5.91 Å². The van der Waals surface area contributed by atoms with Gasteiger partial charge in [-0.2, -0.15) is 0 Å². The van der Waals surface area contributed by atoms with Crippen LogP contribution in [0.15, 0.2) is 78.6 Å². The van der Waals surface area contributed by atoms with Crippen LogP contribution in [0.25, 0.3) is 11.8 Å². The molecule has 2 N–H and O–H groups in total. The molecule has 1 aromatic heterocycles. The number of para-hydroxylation sites is 1. The van der Waals surface area contributed by atoms with Gasteiger partial charge in [0.15, 0.2) is 0 Å². The van der Waals surface area contributed by atoms with Crippen LogP contribution < -0.4 is 10.6 Å². The predicted octanol–water partition coefficient (Wildman–Crippen LogP) is 3.32. The molecule has 1 aliphatic heterocycles. The number of aryl methyl sites for hydroxylation is 1. The molecular weight excluding hydrogens is 380 g/mol. The van der Waals surface area contributed by atoms with E-state index in [0.717, 1.165) is 21.8 Å². The zero-order valence-corrected chi connectivity index (χ0v) is 16.3. The highest BCUT2D eigenvalue weighted by molar-refractivity contribution is 6.15. The number of imide groups is 1. The van der Waals surface area contributed by atoms with Gasteiger partial charge < -0.3 is 15.2 Å². The number of nitrogens with zero attached hydrogens (tertiary/aromatic N) is 2. The summed E-state index contributed by atoms with van der Waals surface area (Å²) in [5.41, 5.74) is 3.40. The van der Waals surface area contributed by atoms with Gasteiger partial charge in [0.2, 0.25) is 5.91 Å². The molecule has 150 valence electrons. The normalized spacial score (nSPS) is 14.8. The van der Waals surface area contributed by atoms with E-state index in [1.807, 2.05) is 78.4 Å². The summed E-state index contributed by atoms with van der Waals surface area (Å²) in [6.07, 6.45) is 3.47. The lowest BCUT2D eigenvalue weighted by atomic mass is 10.2. The largest absolute Gasteiger partial charge is 0.329 e. The van der Waals surface area contributed by atoms with Crippen LogP contribution >= 0.6 is 0 Å². The quantitative estimate of drug-likeness (QED) is 0.509. The first-order valence-corrected chi connectivity index (χ1v) is 9.45. The van der Waals surface area contributed by atoms with Gasteiger partial charge in [-0.05, 0) is 55.0 Å². The van der Waals surface area contributed by atoms with Crippen LogP contribution in [-0.4, -0.2) is 33.9 Å². The molecule has 1 saturated heterocycles. The summed E-state index contributed by atoms with van der Waals surface area (Å²) >= 11 is 0. The van der Waals surface area contributed by atoms with E-state index < -0.39 is 17.8 Å². The number of nitrogens with one attached hydrogen (secondary N) is 2. The van der Waals surface area contributed by atoms with Gasteiger partial charge in [-0.1, -0.05) is 30.3 Å². The summed E-state index contributed by atoms with van der Waals surface area (Å²) in [5.74, 6) is -0.988. The first kappa shape index (κ1) is 19.2. The lowest BCUT2D eigenvalue weighted by Crippen LogP contribution is -2.38. The molecule has 7 heteroatoms. The Bertz CT molecular complexity index is 1150. The van der Waals surface area contributed by atoms with Crippen molar-refractivity contribution in [1.82, 2.24) is 14.8 Å². The molecule has 1 aliphatic rings. The topological polar surface area (TPSA) is 83.4 Å². The molecule has 0 aliphatic carbocycles. The highest BCUT2D eigenvalue weighted by atomic mass is 16.2. The number of aromatic nitrogens is 1. The summed E-state index contributed by atoms with van der Waals surface area (Å²) < 4.78 is 1.90. The van der Waals surface area contributed by atoms with Crippen molar-refractivity contribution in [2.45, 2.75) is 6.92 Å². The minimum Gasteiger partial charge on any atom is -0.325 e. The third-order valence-corrected chi connectivity index (χ3v) is 4.67. The maximum absolute atomic E-state index is 12.7. The summed E-state index contributed by atoms with van der Waals surface area (Å²) in [5, 5.41) is 5.26. The van der Waals surface area contributed by atoms with E-state index in [2.05, 4.69) is 10.6 Å². The van der Waals surface area contributed by atoms with Crippen LogP contribution in [-0.2, 0) is 9.59 Å². The Balaban J connectivity index is 1.49. The van der Waals surface area contributed by atoms with Crippen LogP contribution in [0.3, 0.4) is 0 Å². The van der Waals surface area contributed by atoms with E-state index >= 15 is 0 Å². The fourth-order valence-corrected chi connectivity index (χ4v) is 3.27. The van der Waals surface area contributed by atoms with Crippen molar-refractivity contribution in [3.8, 4) is 5.69 Å². The van der Waals surface area contributed by atoms with E-state index in [9.17, 15) is 14.4 Å². The first-order chi connectivity index (χ1) is 14.5. The highest BCUT2D eigenvalue weighted by Crippen LogP contribution is 2.18. The van der Waals surface area contributed by atoms with Gasteiger partial charge in [-0.25, -0.2) is 9.69 Å². The predicted molar refractivity (Wildman–Crippen MR) is 114 cm³/mol. The molecule has 0 unspecified atom stereocenters. The van der Waals surface area contributed by atoms with Crippen molar-refractivity contribution in [1.29, 1.82) is 0 Å². The number of hydrogen-bond acceptors (Lipinski definition) is 3. The van der Waals surface area contributed by atoms with Crippen LogP contribution in [0, 0.1) is 6.92 Å². The number of rotatable bonds is 5. The molecule has 4 amide bonds. The molecular formula is C23H20N4O3. The van der Waals surface area contributed by atoms with Crippen molar-refractivity contribution in [2.24, 2.45) is 0 Å². The number of anilines is 1. The van der Waals surface area contributed by atoms with Crippen LogP contribution in [0.1, 0.15) is 11.3 Å². The number of urea groups is 1. The lowest BCUT2D eigenvalue weighted by Gasteiger charge is -2.12. The molecule has 0 spiro atoms. The fourth-order valence-electron chi connectivity index (χ4n) is 3.27. The van der Waals surface area contributed by atoms with Crippen molar-refractivity contribution >= 4 is 29.6 Å². The third kappa shape index (κ3) is 4.00. The summed E-state index contributed by atoms with van der Waals surface area (Å²) in [7, 11) is 0. The molecule has 4 rings (SSSR count). The smallest absolute Gasteiger partial charge is 0.325 e. The Labute approximate surface area is 173 Å². The van der Waals surface area contributed by atoms with E-state index in [-0.39, 0.29) is 12.2 Å². The molecule has 7 nitrogen and oxygen atoms in total.